The first kappa shape index (κ1) is 8.17. The van der Waals surface area contributed by atoms with Crippen LogP contribution in [0.25, 0.3) is 0 Å². The number of thiol groups is 1. The van der Waals surface area contributed by atoms with Gasteiger partial charge in [0.15, 0.2) is 0 Å². The monoisotopic (exact) mass is 152 g/mol. The zero-order chi connectivity index (χ0) is 6.57. The van der Waals surface area contributed by atoms with E-state index in [0.717, 1.165) is 0 Å². The zero-order valence-electron chi connectivity index (χ0n) is 4.50. The second-order valence-corrected chi connectivity index (χ2v) is 2.90. The van der Waals surface area contributed by atoms with Crippen molar-refractivity contribution in [3.8, 4) is 0 Å². The lowest BCUT2D eigenvalue weighted by atomic mass is 10.2. The maximum atomic E-state index is 10.0. The maximum absolute atomic E-state index is 10.0. The third-order valence-corrected chi connectivity index (χ3v) is 1.84. The Labute approximate surface area is 57.5 Å². The molecule has 0 radical (unpaired) electrons. The summed E-state index contributed by atoms with van der Waals surface area (Å²) in [6.07, 6.45) is 0. The molecule has 0 bridgehead atoms. The van der Waals surface area contributed by atoms with Crippen molar-refractivity contribution in [2.45, 2.75) is 6.92 Å². The molecule has 0 aliphatic rings. The molecular formula is C4H8O2S2. The molecule has 0 heterocycles. The molecule has 0 aromatic heterocycles. The molecule has 0 fully saturated rings. The summed E-state index contributed by atoms with van der Waals surface area (Å²) < 4.78 is 0. The van der Waals surface area contributed by atoms with Gasteiger partial charge in [-0.3, -0.25) is 4.79 Å². The summed E-state index contributed by atoms with van der Waals surface area (Å²) in [5, 5.41) is 8.27. The van der Waals surface area contributed by atoms with Crippen LogP contribution in [0.5, 0.6) is 0 Å². The first-order chi connectivity index (χ1) is 3.68. The fourth-order valence-electron chi connectivity index (χ4n) is 0.183. The number of carboxylic acids is 1. The summed E-state index contributed by atoms with van der Waals surface area (Å²) in [4.78, 5) is 10.0. The normalized spacial score (nSPS) is 13.2. The molecule has 1 atom stereocenters. The first-order valence-corrected chi connectivity index (χ1v) is 4.21. The molecule has 0 rings (SSSR count). The Morgan fingerprint density at radius 3 is 2.62 bits per heavy atom. The molecule has 0 aromatic rings. The smallest absolute Gasteiger partial charge is 0.307 e. The molecule has 0 aliphatic heterocycles. The summed E-state index contributed by atoms with van der Waals surface area (Å²) in [5.74, 6) is -0.470. The molecule has 2 nitrogen and oxygen atoms in total. The van der Waals surface area contributed by atoms with Crippen LogP contribution in [0.2, 0.25) is 0 Å². The summed E-state index contributed by atoms with van der Waals surface area (Å²) in [6.45, 7) is 1.66. The lowest BCUT2D eigenvalue weighted by Crippen LogP contribution is -2.10. The van der Waals surface area contributed by atoms with E-state index in [4.69, 9.17) is 5.11 Å². The van der Waals surface area contributed by atoms with E-state index < -0.39 is 5.97 Å². The molecule has 1 N–H and O–H groups in total. The molecule has 4 heteroatoms. The minimum Gasteiger partial charge on any atom is -0.481 e. The molecule has 0 aliphatic carbocycles. The van der Waals surface area contributed by atoms with Crippen LogP contribution >= 0.6 is 22.5 Å². The van der Waals surface area contributed by atoms with Crippen LogP contribution in [0.1, 0.15) is 6.92 Å². The van der Waals surface area contributed by atoms with Crippen LogP contribution in [-0.2, 0) is 4.79 Å². The van der Waals surface area contributed by atoms with Crippen molar-refractivity contribution < 1.29 is 9.90 Å². The number of carboxylic acid groups (broad SMARTS) is 1. The fraction of sp³-hybridized carbons (Fsp3) is 0.750. The topological polar surface area (TPSA) is 37.3 Å². The Morgan fingerprint density at radius 2 is 2.50 bits per heavy atom. The van der Waals surface area contributed by atoms with Crippen LogP contribution in [0.3, 0.4) is 0 Å². The Balaban J connectivity index is 3.32. The predicted octanol–water partition coefficient (Wildman–Crippen LogP) is 1.29. The van der Waals surface area contributed by atoms with Crippen molar-refractivity contribution in [2.24, 2.45) is 5.92 Å². The summed E-state index contributed by atoms with van der Waals surface area (Å²) >= 11 is 3.81. The van der Waals surface area contributed by atoms with Gasteiger partial charge in [0.2, 0.25) is 0 Å². The third-order valence-electron chi connectivity index (χ3n) is 0.746. The maximum Gasteiger partial charge on any atom is 0.307 e. The quantitative estimate of drug-likeness (QED) is 0.472. The summed E-state index contributed by atoms with van der Waals surface area (Å²) in [6, 6.07) is 0. The first-order valence-electron chi connectivity index (χ1n) is 2.17. The number of rotatable bonds is 3. The van der Waals surface area contributed by atoms with E-state index in [1.54, 1.807) is 6.92 Å². The Kier molecular flexibility index (Phi) is 4.18. The number of hydrogen-bond acceptors (Lipinski definition) is 3. The largest absolute Gasteiger partial charge is 0.481 e. The van der Waals surface area contributed by atoms with Crippen LogP contribution in [-0.4, -0.2) is 16.8 Å². The molecule has 0 aromatic carbocycles. The molecule has 8 heavy (non-hydrogen) atoms. The van der Waals surface area contributed by atoms with Crippen molar-refractivity contribution in [3.05, 3.63) is 0 Å². The van der Waals surface area contributed by atoms with Gasteiger partial charge in [0.05, 0.1) is 5.92 Å². The molecule has 0 saturated heterocycles. The summed E-state index contributed by atoms with van der Waals surface area (Å²) in [5.41, 5.74) is 0. The second-order valence-electron chi connectivity index (χ2n) is 1.54. The van der Waals surface area contributed by atoms with E-state index in [2.05, 4.69) is 11.7 Å². The van der Waals surface area contributed by atoms with Crippen molar-refractivity contribution in [3.63, 3.8) is 0 Å². The van der Waals surface area contributed by atoms with E-state index >= 15 is 0 Å². The average Bonchev–Trinajstić information content (AvgIpc) is 1.67. The molecule has 0 unspecified atom stereocenters. The highest BCUT2D eigenvalue weighted by Crippen LogP contribution is 2.10. The van der Waals surface area contributed by atoms with Crippen LogP contribution < -0.4 is 0 Å². The molecule has 0 spiro atoms. The highest BCUT2D eigenvalue weighted by atomic mass is 33.1. The lowest BCUT2D eigenvalue weighted by Gasteiger charge is -1.99. The second kappa shape index (κ2) is 4.09. The Hall–Kier alpha value is 0.170. The molecular weight excluding hydrogens is 144 g/mol. The van der Waals surface area contributed by atoms with E-state index in [1.165, 1.54) is 10.8 Å². The van der Waals surface area contributed by atoms with E-state index in [1.807, 2.05) is 0 Å². The third kappa shape index (κ3) is 3.21. The minimum atomic E-state index is -0.758. The minimum absolute atomic E-state index is 0.280. The summed E-state index contributed by atoms with van der Waals surface area (Å²) in [7, 11) is 1.25. The lowest BCUT2D eigenvalue weighted by molar-refractivity contribution is -0.140. The van der Waals surface area contributed by atoms with E-state index in [9.17, 15) is 4.79 Å². The Bertz CT molecular complexity index is 84.1. The van der Waals surface area contributed by atoms with Gasteiger partial charge in [-0.25, -0.2) is 0 Å². The van der Waals surface area contributed by atoms with Gasteiger partial charge < -0.3 is 5.11 Å². The number of carbonyl (C=O) groups is 1. The number of aliphatic carboxylic acids is 1. The van der Waals surface area contributed by atoms with Gasteiger partial charge in [0.1, 0.15) is 0 Å². The molecule has 48 valence electrons. The highest BCUT2D eigenvalue weighted by Gasteiger charge is 2.08. The Morgan fingerprint density at radius 1 is 2.00 bits per heavy atom. The molecule has 0 saturated carbocycles. The number of hydrogen-bond donors (Lipinski definition) is 2. The van der Waals surface area contributed by atoms with Crippen LogP contribution in [0.15, 0.2) is 0 Å². The average molecular weight is 152 g/mol. The van der Waals surface area contributed by atoms with Crippen molar-refractivity contribution in [2.75, 3.05) is 5.75 Å². The van der Waals surface area contributed by atoms with Gasteiger partial charge in [0.25, 0.3) is 0 Å². The van der Waals surface area contributed by atoms with E-state index in [-0.39, 0.29) is 5.92 Å². The van der Waals surface area contributed by atoms with Gasteiger partial charge >= 0.3 is 5.97 Å². The standard InChI is InChI=1S/C4H8O2S2/c1-3(2-8-7)4(5)6/h3,7H,2H2,1H3,(H,5,6)/t3-/m0/s1. The SMILES string of the molecule is C[C@@H](CSS)C(=O)O. The van der Waals surface area contributed by atoms with Gasteiger partial charge in [-0.2, -0.15) is 0 Å². The van der Waals surface area contributed by atoms with Gasteiger partial charge in [-0.15, -0.1) is 11.7 Å². The molecule has 0 amide bonds. The van der Waals surface area contributed by atoms with Crippen molar-refractivity contribution >= 4 is 28.4 Å². The highest BCUT2D eigenvalue weighted by molar-refractivity contribution is 8.68. The van der Waals surface area contributed by atoms with Crippen molar-refractivity contribution in [1.82, 2.24) is 0 Å². The predicted molar refractivity (Wildman–Crippen MR) is 38.2 cm³/mol. The van der Waals surface area contributed by atoms with Gasteiger partial charge in [-0.05, 0) is 0 Å². The van der Waals surface area contributed by atoms with Crippen LogP contribution in [0.4, 0.5) is 0 Å². The zero-order valence-corrected chi connectivity index (χ0v) is 6.21. The van der Waals surface area contributed by atoms with Gasteiger partial charge in [-0.1, -0.05) is 17.7 Å². The van der Waals surface area contributed by atoms with Crippen LogP contribution in [0, 0.1) is 5.92 Å². The van der Waals surface area contributed by atoms with E-state index in [0.29, 0.717) is 5.75 Å². The fourth-order valence-corrected chi connectivity index (χ4v) is 1.22. The van der Waals surface area contributed by atoms with Gasteiger partial charge in [0, 0.05) is 5.75 Å². The van der Waals surface area contributed by atoms with Crippen molar-refractivity contribution in [1.29, 1.82) is 0 Å².